The number of nitrogens with two attached hydrogens (primary N) is 1. The Kier molecular flexibility index (Phi) is 6.59. The van der Waals surface area contributed by atoms with Gasteiger partial charge in [0.1, 0.15) is 18.8 Å². The van der Waals surface area contributed by atoms with Gasteiger partial charge in [0.05, 0.1) is 6.61 Å². The Morgan fingerprint density at radius 3 is 2.47 bits per heavy atom. The standard InChI is InChI=1S/C8H15NO6/c9-6(1-2-7(12)13)8(14)15-4-5(11)3-10/h5-6,10-11H,1-4,9H2,(H,12,13)/t5?,6-/m0/s1. The van der Waals surface area contributed by atoms with Gasteiger partial charge < -0.3 is 25.8 Å². The van der Waals surface area contributed by atoms with Crippen LogP contribution in [0.4, 0.5) is 0 Å². The van der Waals surface area contributed by atoms with Crippen LogP contribution in [0.15, 0.2) is 0 Å². The first-order valence-corrected chi connectivity index (χ1v) is 4.40. The van der Waals surface area contributed by atoms with Crippen molar-refractivity contribution in [3.8, 4) is 0 Å². The molecule has 0 amide bonds. The summed E-state index contributed by atoms with van der Waals surface area (Å²) in [5.74, 6) is -1.84. The van der Waals surface area contributed by atoms with Crippen LogP contribution in [0.1, 0.15) is 12.8 Å². The highest BCUT2D eigenvalue weighted by Crippen LogP contribution is 1.98. The third-order valence-corrected chi connectivity index (χ3v) is 1.60. The van der Waals surface area contributed by atoms with Crippen LogP contribution in [0.2, 0.25) is 0 Å². The van der Waals surface area contributed by atoms with Gasteiger partial charge >= 0.3 is 11.9 Å². The van der Waals surface area contributed by atoms with Crippen LogP contribution in [-0.4, -0.2) is 52.6 Å². The zero-order valence-corrected chi connectivity index (χ0v) is 8.13. The fraction of sp³-hybridized carbons (Fsp3) is 0.750. The van der Waals surface area contributed by atoms with Crippen molar-refractivity contribution in [3.05, 3.63) is 0 Å². The quantitative estimate of drug-likeness (QED) is 0.368. The summed E-state index contributed by atoms with van der Waals surface area (Å²) in [5, 5.41) is 25.6. The van der Waals surface area contributed by atoms with Gasteiger partial charge in [-0.25, -0.2) is 0 Å². The number of aliphatic carboxylic acids is 1. The van der Waals surface area contributed by atoms with Gasteiger partial charge in [-0.15, -0.1) is 0 Å². The van der Waals surface area contributed by atoms with Crippen molar-refractivity contribution in [2.75, 3.05) is 13.2 Å². The average molecular weight is 221 g/mol. The van der Waals surface area contributed by atoms with Crippen LogP contribution in [0.5, 0.6) is 0 Å². The van der Waals surface area contributed by atoms with E-state index in [0.29, 0.717) is 0 Å². The predicted molar refractivity (Wildman–Crippen MR) is 48.9 cm³/mol. The van der Waals surface area contributed by atoms with Gasteiger partial charge in [-0.3, -0.25) is 9.59 Å². The lowest BCUT2D eigenvalue weighted by Gasteiger charge is -2.12. The van der Waals surface area contributed by atoms with E-state index < -0.39 is 30.7 Å². The van der Waals surface area contributed by atoms with Gasteiger partial charge in [-0.2, -0.15) is 0 Å². The second kappa shape index (κ2) is 7.16. The fourth-order valence-corrected chi connectivity index (χ4v) is 0.735. The van der Waals surface area contributed by atoms with E-state index in [-0.39, 0.29) is 19.4 Å². The number of carbonyl (C=O) groups is 2. The molecule has 0 aliphatic heterocycles. The van der Waals surface area contributed by atoms with Crippen LogP contribution in [0, 0.1) is 0 Å². The second-order valence-corrected chi connectivity index (χ2v) is 3.01. The van der Waals surface area contributed by atoms with E-state index in [4.69, 9.17) is 21.1 Å². The van der Waals surface area contributed by atoms with Gasteiger partial charge in [-0.05, 0) is 6.42 Å². The van der Waals surface area contributed by atoms with Gasteiger partial charge in [0, 0.05) is 6.42 Å². The smallest absolute Gasteiger partial charge is 0.323 e. The molecule has 0 fully saturated rings. The molecule has 0 radical (unpaired) electrons. The summed E-state index contributed by atoms with van der Waals surface area (Å²) in [4.78, 5) is 21.2. The minimum atomic E-state index is -1.14. The number of hydrogen-bond donors (Lipinski definition) is 4. The van der Waals surface area contributed by atoms with Crippen molar-refractivity contribution in [2.45, 2.75) is 25.0 Å². The van der Waals surface area contributed by atoms with Crippen LogP contribution in [0.25, 0.3) is 0 Å². The van der Waals surface area contributed by atoms with Crippen LogP contribution >= 0.6 is 0 Å². The molecule has 0 saturated carbocycles. The minimum absolute atomic E-state index is 0.0244. The number of carboxylic acids is 1. The molecule has 88 valence electrons. The number of carboxylic acid groups (broad SMARTS) is 1. The summed E-state index contributed by atoms with van der Waals surface area (Å²) >= 11 is 0. The van der Waals surface area contributed by atoms with Crippen molar-refractivity contribution >= 4 is 11.9 Å². The van der Waals surface area contributed by atoms with Crippen molar-refractivity contribution in [3.63, 3.8) is 0 Å². The molecule has 0 saturated heterocycles. The molecule has 0 bridgehead atoms. The molecule has 1 unspecified atom stereocenters. The highest BCUT2D eigenvalue weighted by molar-refractivity contribution is 5.76. The van der Waals surface area contributed by atoms with E-state index in [0.717, 1.165) is 0 Å². The molecular weight excluding hydrogens is 206 g/mol. The molecule has 0 spiro atoms. The minimum Gasteiger partial charge on any atom is -0.481 e. The van der Waals surface area contributed by atoms with Crippen molar-refractivity contribution in [1.82, 2.24) is 0 Å². The van der Waals surface area contributed by atoms with Crippen LogP contribution < -0.4 is 5.73 Å². The fourth-order valence-electron chi connectivity index (χ4n) is 0.735. The summed E-state index contributed by atoms with van der Waals surface area (Å²) in [6.07, 6.45) is -1.39. The molecule has 0 aliphatic rings. The lowest BCUT2D eigenvalue weighted by atomic mass is 10.2. The first kappa shape index (κ1) is 13.8. The summed E-state index contributed by atoms with van der Waals surface area (Å²) in [6.45, 7) is -0.867. The maximum absolute atomic E-state index is 11.0. The molecule has 15 heavy (non-hydrogen) atoms. The zero-order valence-electron chi connectivity index (χ0n) is 8.13. The highest BCUT2D eigenvalue weighted by atomic mass is 16.5. The number of ether oxygens (including phenoxy) is 1. The van der Waals surface area contributed by atoms with Crippen molar-refractivity contribution in [2.24, 2.45) is 5.73 Å². The Balaban J connectivity index is 3.74. The lowest BCUT2D eigenvalue weighted by Crippen LogP contribution is -2.35. The van der Waals surface area contributed by atoms with E-state index in [1.165, 1.54) is 0 Å². The molecule has 7 heteroatoms. The largest absolute Gasteiger partial charge is 0.481 e. The first-order chi connectivity index (χ1) is 6.97. The molecule has 0 rings (SSSR count). The maximum atomic E-state index is 11.0. The normalized spacial score (nSPS) is 14.3. The van der Waals surface area contributed by atoms with Gasteiger partial charge in [-0.1, -0.05) is 0 Å². The van der Waals surface area contributed by atoms with E-state index in [2.05, 4.69) is 4.74 Å². The highest BCUT2D eigenvalue weighted by Gasteiger charge is 2.17. The number of hydrogen-bond acceptors (Lipinski definition) is 6. The Morgan fingerprint density at radius 2 is 2.00 bits per heavy atom. The number of aliphatic hydroxyl groups excluding tert-OH is 2. The lowest BCUT2D eigenvalue weighted by molar-refractivity contribution is -0.149. The molecule has 0 heterocycles. The van der Waals surface area contributed by atoms with E-state index in [1.54, 1.807) is 0 Å². The van der Waals surface area contributed by atoms with E-state index in [1.807, 2.05) is 0 Å². The number of carbonyl (C=O) groups excluding carboxylic acids is 1. The van der Waals surface area contributed by atoms with Crippen LogP contribution in [0.3, 0.4) is 0 Å². The van der Waals surface area contributed by atoms with Crippen molar-refractivity contribution < 1.29 is 29.6 Å². The number of rotatable bonds is 7. The Hall–Kier alpha value is -1.18. The second-order valence-electron chi connectivity index (χ2n) is 3.01. The molecule has 0 aromatic carbocycles. The summed E-state index contributed by atoms with van der Waals surface area (Å²) in [7, 11) is 0. The third-order valence-electron chi connectivity index (χ3n) is 1.60. The van der Waals surface area contributed by atoms with Gasteiger partial charge in [0.2, 0.25) is 0 Å². The first-order valence-electron chi connectivity index (χ1n) is 4.40. The Bertz CT molecular complexity index is 219. The number of esters is 1. The third kappa shape index (κ3) is 6.83. The monoisotopic (exact) mass is 221 g/mol. The SMILES string of the molecule is N[C@@H](CCC(=O)O)C(=O)OCC(O)CO. The van der Waals surface area contributed by atoms with Gasteiger partial charge in [0.25, 0.3) is 0 Å². The Morgan fingerprint density at radius 1 is 1.40 bits per heavy atom. The van der Waals surface area contributed by atoms with E-state index >= 15 is 0 Å². The molecule has 7 nitrogen and oxygen atoms in total. The molecule has 5 N–H and O–H groups in total. The summed E-state index contributed by atoms with van der Waals surface area (Å²) < 4.78 is 4.52. The molecule has 0 aromatic rings. The predicted octanol–water partition coefficient (Wildman–Crippen LogP) is -1.93. The van der Waals surface area contributed by atoms with Crippen LogP contribution in [-0.2, 0) is 14.3 Å². The van der Waals surface area contributed by atoms with Gasteiger partial charge in [0.15, 0.2) is 0 Å². The summed E-state index contributed by atoms with van der Waals surface area (Å²) in [6, 6.07) is -1.02. The molecular formula is C8H15NO6. The molecule has 0 aromatic heterocycles. The number of aliphatic hydroxyl groups is 2. The Labute approximate surface area is 86.5 Å². The van der Waals surface area contributed by atoms with Crippen molar-refractivity contribution in [1.29, 1.82) is 0 Å². The summed E-state index contributed by atoms with van der Waals surface area (Å²) in [5.41, 5.74) is 5.31. The molecule has 2 atom stereocenters. The maximum Gasteiger partial charge on any atom is 0.323 e. The topological polar surface area (TPSA) is 130 Å². The zero-order chi connectivity index (χ0) is 11.8. The van der Waals surface area contributed by atoms with E-state index in [9.17, 15) is 9.59 Å². The average Bonchev–Trinajstić information content (AvgIpc) is 2.21. The molecule has 0 aliphatic carbocycles.